The summed E-state index contributed by atoms with van der Waals surface area (Å²) < 4.78 is 1.26. The Hall–Kier alpha value is -1.55. The molecule has 0 atom stereocenters. The van der Waals surface area contributed by atoms with Gasteiger partial charge in [-0.3, -0.25) is 0 Å². The van der Waals surface area contributed by atoms with Crippen molar-refractivity contribution < 1.29 is 0 Å². The Bertz CT molecular complexity index is 692. The predicted octanol–water partition coefficient (Wildman–Crippen LogP) is 4.94. The molecule has 0 fully saturated rings. The summed E-state index contributed by atoms with van der Waals surface area (Å²) in [6.07, 6.45) is 6.26. The van der Waals surface area contributed by atoms with E-state index in [1.165, 1.54) is 25.6 Å². The van der Waals surface area contributed by atoms with Gasteiger partial charge in [-0.25, -0.2) is 0 Å². The highest BCUT2D eigenvalue weighted by Crippen LogP contribution is 2.16. The molecule has 88 valence electrons. The Morgan fingerprint density at radius 1 is 0.833 bits per heavy atom. The smallest absolute Gasteiger partial charge is 0.0454 e. The van der Waals surface area contributed by atoms with Crippen LogP contribution < -0.4 is 0 Å². The largest absolute Gasteiger partial charge is 0.361 e. The van der Waals surface area contributed by atoms with Gasteiger partial charge in [-0.2, -0.15) is 0 Å². The number of rotatable bonds is 2. The minimum atomic E-state index is 1.18. The summed E-state index contributed by atoms with van der Waals surface area (Å²) in [5.41, 5.74) is 3.63. The highest BCUT2D eigenvalue weighted by Gasteiger charge is 1.94. The Balaban J connectivity index is 1.88. The molecule has 0 radical (unpaired) electrons. The van der Waals surface area contributed by atoms with Crippen molar-refractivity contribution in [3.8, 4) is 0 Å². The molecule has 1 heterocycles. The monoisotopic (exact) mass is 343 g/mol. The molecule has 1 nitrogen and oxygen atoms in total. The van der Waals surface area contributed by atoms with E-state index in [1.807, 2.05) is 6.20 Å². The Labute approximate surface area is 120 Å². The van der Waals surface area contributed by atoms with Crippen molar-refractivity contribution in [2.45, 2.75) is 0 Å². The van der Waals surface area contributed by atoms with Crippen molar-refractivity contribution in [3.63, 3.8) is 0 Å². The molecule has 0 spiro atoms. The molecule has 0 saturated carbocycles. The summed E-state index contributed by atoms with van der Waals surface area (Å²) in [4.78, 5) is 3.20. The van der Waals surface area contributed by atoms with Gasteiger partial charge in [0, 0.05) is 15.3 Å². The number of H-pyrrole nitrogens is 1. The van der Waals surface area contributed by atoms with Gasteiger partial charge in [0.15, 0.2) is 0 Å². The first-order chi connectivity index (χ1) is 8.81. The SMILES string of the molecule is [125I]c1ccc(/C=C/c2ccc3[nH]ccc3c2)cc1. The molecule has 0 amide bonds. The summed E-state index contributed by atoms with van der Waals surface area (Å²) >= 11 is 2.32. The molecule has 0 aliphatic carbocycles. The third-order valence-corrected chi connectivity index (χ3v) is 3.63. The lowest BCUT2D eigenvalue weighted by molar-refractivity contribution is 1.48. The van der Waals surface area contributed by atoms with Crippen LogP contribution in [-0.2, 0) is 0 Å². The maximum Gasteiger partial charge on any atom is 0.0454 e. The zero-order valence-electron chi connectivity index (χ0n) is 9.73. The third kappa shape index (κ3) is 2.48. The zero-order chi connectivity index (χ0) is 12.4. The van der Waals surface area contributed by atoms with Crippen LogP contribution in [0.2, 0.25) is 0 Å². The zero-order valence-corrected chi connectivity index (χ0v) is 11.9. The summed E-state index contributed by atoms with van der Waals surface area (Å²) in [7, 11) is 0. The van der Waals surface area contributed by atoms with Gasteiger partial charge < -0.3 is 4.98 Å². The highest BCUT2D eigenvalue weighted by atomic mass is 125. The fraction of sp³-hybridized carbons (Fsp3) is 0. The van der Waals surface area contributed by atoms with Gasteiger partial charge in [-0.15, -0.1) is 0 Å². The fourth-order valence-electron chi connectivity index (χ4n) is 1.94. The van der Waals surface area contributed by atoms with Crippen molar-refractivity contribution in [1.29, 1.82) is 0 Å². The molecule has 18 heavy (non-hydrogen) atoms. The number of hydrogen-bond acceptors (Lipinski definition) is 0. The molecule has 1 aromatic heterocycles. The number of aromatic amines is 1. The van der Waals surface area contributed by atoms with Gasteiger partial charge >= 0.3 is 0 Å². The molecular weight excluding hydrogens is 331 g/mol. The maximum absolute atomic E-state index is 3.20. The van der Waals surface area contributed by atoms with Gasteiger partial charge in [0.1, 0.15) is 0 Å². The summed E-state index contributed by atoms with van der Waals surface area (Å²) in [6.45, 7) is 0. The molecule has 0 aliphatic heterocycles. The first kappa shape index (κ1) is 11.5. The van der Waals surface area contributed by atoms with Crippen LogP contribution in [0, 0.1) is 3.57 Å². The second-order valence-electron chi connectivity index (χ2n) is 4.21. The summed E-state index contributed by atoms with van der Waals surface area (Å²) in [6, 6.07) is 17.0. The number of nitrogens with one attached hydrogen (secondary N) is 1. The second kappa shape index (κ2) is 4.98. The molecule has 0 unspecified atom stereocenters. The molecule has 0 saturated heterocycles. The predicted molar refractivity (Wildman–Crippen MR) is 86.4 cm³/mol. The van der Waals surface area contributed by atoms with Gasteiger partial charge in [-0.05, 0) is 69.4 Å². The van der Waals surface area contributed by atoms with Crippen LogP contribution in [0.1, 0.15) is 11.1 Å². The third-order valence-electron chi connectivity index (χ3n) is 2.92. The molecule has 1 N–H and O–H groups in total. The molecular formula is C16H12IN. The fourth-order valence-corrected chi connectivity index (χ4v) is 2.30. The van der Waals surface area contributed by atoms with E-state index in [0.29, 0.717) is 0 Å². The number of halogens is 1. The molecule has 2 aromatic carbocycles. The van der Waals surface area contributed by atoms with Crippen LogP contribution in [-0.4, -0.2) is 4.98 Å². The summed E-state index contributed by atoms with van der Waals surface area (Å²) in [5, 5.41) is 1.25. The molecule has 3 aromatic rings. The van der Waals surface area contributed by atoms with E-state index in [9.17, 15) is 0 Å². The van der Waals surface area contributed by atoms with Crippen LogP contribution in [0.3, 0.4) is 0 Å². The number of hydrogen-bond donors (Lipinski definition) is 1. The van der Waals surface area contributed by atoms with Crippen LogP contribution in [0.25, 0.3) is 23.1 Å². The molecule has 0 bridgehead atoms. The van der Waals surface area contributed by atoms with Crippen molar-refractivity contribution in [3.05, 3.63) is 69.4 Å². The van der Waals surface area contributed by atoms with E-state index < -0.39 is 0 Å². The lowest BCUT2D eigenvalue weighted by Crippen LogP contribution is -1.75. The average Bonchev–Trinajstić information content (AvgIpc) is 2.85. The lowest BCUT2D eigenvalue weighted by atomic mass is 10.1. The van der Waals surface area contributed by atoms with Crippen LogP contribution in [0.15, 0.2) is 54.7 Å². The topological polar surface area (TPSA) is 15.8 Å². The van der Waals surface area contributed by atoms with E-state index >= 15 is 0 Å². The minimum absolute atomic E-state index is 1.18. The van der Waals surface area contributed by atoms with Gasteiger partial charge in [0.25, 0.3) is 0 Å². The average molecular weight is 343 g/mol. The first-order valence-corrected chi connectivity index (χ1v) is 6.90. The summed E-state index contributed by atoms with van der Waals surface area (Å²) in [5.74, 6) is 0. The van der Waals surface area contributed by atoms with Crippen molar-refractivity contribution >= 4 is 45.6 Å². The number of benzene rings is 2. The van der Waals surface area contributed by atoms with Gasteiger partial charge in [0.05, 0.1) is 0 Å². The van der Waals surface area contributed by atoms with Crippen LogP contribution >= 0.6 is 22.6 Å². The van der Waals surface area contributed by atoms with E-state index in [1.54, 1.807) is 0 Å². The minimum Gasteiger partial charge on any atom is -0.361 e. The lowest BCUT2D eigenvalue weighted by Gasteiger charge is -1.96. The second-order valence-corrected chi connectivity index (χ2v) is 5.45. The quantitative estimate of drug-likeness (QED) is 0.501. The Morgan fingerprint density at radius 3 is 2.39 bits per heavy atom. The van der Waals surface area contributed by atoms with E-state index in [-0.39, 0.29) is 0 Å². The maximum atomic E-state index is 3.20. The van der Waals surface area contributed by atoms with E-state index in [0.717, 1.165) is 0 Å². The van der Waals surface area contributed by atoms with Crippen molar-refractivity contribution in [1.82, 2.24) is 4.98 Å². The molecule has 3 rings (SSSR count). The molecule has 2 heteroatoms. The normalized spacial score (nSPS) is 11.4. The van der Waals surface area contributed by atoms with E-state index in [4.69, 9.17) is 0 Å². The number of fused-ring (bicyclic) bond motifs is 1. The standard InChI is InChI=1S/C16H12IN/c17-15-6-3-12(4-7-15)1-2-13-5-8-16-14(11-13)9-10-18-16/h1-11,18H/b2-1+/i17-2. The highest BCUT2D eigenvalue weighted by molar-refractivity contribution is 14.1. The van der Waals surface area contributed by atoms with Gasteiger partial charge in [-0.1, -0.05) is 30.4 Å². The van der Waals surface area contributed by atoms with E-state index in [2.05, 4.69) is 88.3 Å². The first-order valence-electron chi connectivity index (χ1n) is 5.82. The van der Waals surface area contributed by atoms with Gasteiger partial charge in [0.2, 0.25) is 0 Å². The van der Waals surface area contributed by atoms with Crippen LogP contribution in [0.5, 0.6) is 0 Å². The Kier molecular flexibility index (Phi) is 3.19. The number of aromatic nitrogens is 1. The van der Waals surface area contributed by atoms with Crippen molar-refractivity contribution in [2.24, 2.45) is 0 Å². The van der Waals surface area contributed by atoms with Crippen molar-refractivity contribution in [2.75, 3.05) is 0 Å². The molecule has 0 aliphatic rings. The van der Waals surface area contributed by atoms with Crippen LogP contribution in [0.4, 0.5) is 0 Å². The Morgan fingerprint density at radius 2 is 1.56 bits per heavy atom.